The van der Waals surface area contributed by atoms with Gasteiger partial charge in [0.2, 0.25) is 0 Å². The minimum absolute atomic E-state index is 0.733. The molecule has 29 heavy (non-hydrogen) atoms. The largest absolute Gasteiger partial charge is 0.493 e. The van der Waals surface area contributed by atoms with Crippen LogP contribution >= 0.6 is 0 Å². The molecule has 3 nitrogen and oxygen atoms in total. The number of aromatic nitrogens is 2. The van der Waals surface area contributed by atoms with Crippen molar-refractivity contribution in [1.29, 1.82) is 0 Å². The normalized spacial score (nSPS) is 11.1. The zero-order valence-corrected chi connectivity index (χ0v) is 17.5. The van der Waals surface area contributed by atoms with Crippen molar-refractivity contribution < 1.29 is 4.74 Å². The predicted octanol–water partition coefficient (Wildman–Crippen LogP) is 6.49. The Morgan fingerprint density at radius 1 is 0.828 bits per heavy atom. The number of benzene rings is 3. The number of nitrogens with zero attached hydrogens (tertiary/aromatic N) is 2. The molecule has 0 fully saturated rings. The maximum atomic E-state index is 6.00. The van der Waals surface area contributed by atoms with E-state index in [2.05, 4.69) is 92.1 Å². The molecule has 4 rings (SSSR count). The molecule has 1 aromatic heterocycles. The molecule has 3 heteroatoms. The van der Waals surface area contributed by atoms with Crippen LogP contribution in [0.25, 0.3) is 22.4 Å². The molecule has 0 bridgehead atoms. The lowest BCUT2D eigenvalue weighted by molar-refractivity contribution is 0.301. The van der Waals surface area contributed by atoms with Crippen LogP contribution in [0.1, 0.15) is 29.5 Å². The number of hydrogen-bond acceptors (Lipinski definition) is 2. The summed E-state index contributed by atoms with van der Waals surface area (Å²) in [7, 11) is 0. The Morgan fingerprint density at radius 2 is 1.59 bits per heavy atom. The molecule has 4 aromatic rings. The van der Waals surface area contributed by atoms with Gasteiger partial charge in [-0.1, -0.05) is 59.7 Å². The first-order chi connectivity index (χ1) is 14.1. The van der Waals surface area contributed by atoms with Crippen LogP contribution in [0, 0.1) is 20.8 Å². The van der Waals surface area contributed by atoms with Crippen molar-refractivity contribution in [3.05, 3.63) is 83.4 Å². The fourth-order valence-corrected chi connectivity index (χ4v) is 3.74. The van der Waals surface area contributed by atoms with E-state index in [1.807, 2.05) is 0 Å². The second kappa shape index (κ2) is 8.52. The molecule has 3 aromatic carbocycles. The van der Waals surface area contributed by atoms with Gasteiger partial charge in [-0.15, -0.1) is 0 Å². The first-order valence-corrected chi connectivity index (χ1v) is 10.3. The highest BCUT2D eigenvalue weighted by atomic mass is 16.5. The van der Waals surface area contributed by atoms with E-state index in [0.29, 0.717) is 0 Å². The molecule has 0 aliphatic carbocycles. The van der Waals surface area contributed by atoms with Gasteiger partial charge in [-0.3, -0.25) is 0 Å². The van der Waals surface area contributed by atoms with Crippen LogP contribution in [0.5, 0.6) is 5.75 Å². The zero-order valence-electron chi connectivity index (χ0n) is 17.5. The van der Waals surface area contributed by atoms with Crippen molar-refractivity contribution in [2.75, 3.05) is 6.61 Å². The molecule has 0 radical (unpaired) electrons. The van der Waals surface area contributed by atoms with Gasteiger partial charge in [0.1, 0.15) is 11.6 Å². The molecule has 148 valence electrons. The van der Waals surface area contributed by atoms with Gasteiger partial charge in [0.05, 0.1) is 17.6 Å². The summed E-state index contributed by atoms with van der Waals surface area (Å²) >= 11 is 0. The predicted molar refractivity (Wildman–Crippen MR) is 121 cm³/mol. The summed E-state index contributed by atoms with van der Waals surface area (Å²) in [6, 6.07) is 23.4. The number of para-hydroxylation sites is 2. The van der Waals surface area contributed by atoms with Crippen molar-refractivity contribution in [3.63, 3.8) is 0 Å². The zero-order chi connectivity index (χ0) is 20.2. The van der Waals surface area contributed by atoms with Gasteiger partial charge in [0.15, 0.2) is 0 Å². The van der Waals surface area contributed by atoms with Crippen LogP contribution in [0.15, 0.2) is 66.7 Å². The molecule has 0 unspecified atom stereocenters. The monoisotopic (exact) mass is 384 g/mol. The van der Waals surface area contributed by atoms with Gasteiger partial charge < -0.3 is 9.30 Å². The molecule has 1 heterocycles. The van der Waals surface area contributed by atoms with Crippen LogP contribution in [0.2, 0.25) is 0 Å². The SMILES string of the molecule is Cc1ccc(-c2nc3ccccc3n2CCCCOc2ccc(C)cc2C)cc1. The molecule has 0 amide bonds. The van der Waals surface area contributed by atoms with E-state index >= 15 is 0 Å². The topological polar surface area (TPSA) is 27.1 Å². The number of ether oxygens (including phenoxy) is 1. The Kier molecular flexibility index (Phi) is 5.66. The Balaban J connectivity index is 1.46. The highest BCUT2D eigenvalue weighted by Crippen LogP contribution is 2.26. The molecule has 0 saturated heterocycles. The van der Waals surface area contributed by atoms with E-state index in [-0.39, 0.29) is 0 Å². The average Bonchev–Trinajstić information content (AvgIpc) is 3.08. The molecular formula is C26H28N2O. The second-order valence-electron chi connectivity index (χ2n) is 7.77. The summed E-state index contributed by atoms with van der Waals surface area (Å²) < 4.78 is 8.35. The third kappa shape index (κ3) is 4.34. The Morgan fingerprint density at radius 3 is 2.38 bits per heavy atom. The minimum atomic E-state index is 0.733. The highest BCUT2D eigenvalue weighted by Gasteiger charge is 2.12. The molecule has 0 aliphatic rings. The van der Waals surface area contributed by atoms with Crippen molar-refractivity contribution in [2.24, 2.45) is 0 Å². The van der Waals surface area contributed by atoms with Crippen molar-refractivity contribution in [1.82, 2.24) is 9.55 Å². The molecule has 0 spiro atoms. The van der Waals surface area contributed by atoms with E-state index in [1.54, 1.807) is 0 Å². The number of hydrogen-bond donors (Lipinski definition) is 0. The lowest BCUT2D eigenvalue weighted by Crippen LogP contribution is -2.04. The van der Waals surface area contributed by atoms with Gasteiger partial charge in [-0.05, 0) is 57.4 Å². The third-order valence-corrected chi connectivity index (χ3v) is 5.33. The number of unbranched alkanes of at least 4 members (excludes halogenated alkanes) is 1. The van der Waals surface area contributed by atoms with Crippen LogP contribution < -0.4 is 4.74 Å². The van der Waals surface area contributed by atoms with Gasteiger partial charge >= 0.3 is 0 Å². The van der Waals surface area contributed by atoms with E-state index < -0.39 is 0 Å². The quantitative estimate of drug-likeness (QED) is 0.341. The summed E-state index contributed by atoms with van der Waals surface area (Å²) in [6.07, 6.45) is 2.05. The molecule has 0 N–H and O–H groups in total. The van der Waals surface area contributed by atoms with Crippen LogP contribution in [0.4, 0.5) is 0 Å². The summed E-state index contributed by atoms with van der Waals surface area (Å²) in [5.74, 6) is 2.03. The maximum Gasteiger partial charge on any atom is 0.141 e. The number of fused-ring (bicyclic) bond motifs is 1. The average molecular weight is 385 g/mol. The fourth-order valence-electron chi connectivity index (χ4n) is 3.74. The van der Waals surface area contributed by atoms with Crippen molar-refractivity contribution in [3.8, 4) is 17.1 Å². The van der Waals surface area contributed by atoms with Gasteiger partial charge in [0, 0.05) is 12.1 Å². The molecular weight excluding hydrogens is 356 g/mol. The fraction of sp³-hybridized carbons (Fsp3) is 0.269. The van der Waals surface area contributed by atoms with Crippen LogP contribution in [-0.2, 0) is 6.54 Å². The first kappa shape index (κ1) is 19.3. The summed E-state index contributed by atoms with van der Waals surface area (Å²) in [5.41, 5.74) is 7.14. The Bertz CT molecular complexity index is 1110. The Hall–Kier alpha value is -3.07. The number of imidazole rings is 1. The Labute approximate surface area is 173 Å². The summed E-state index contributed by atoms with van der Waals surface area (Å²) in [6.45, 7) is 7.99. The van der Waals surface area contributed by atoms with Crippen LogP contribution in [0.3, 0.4) is 0 Å². The molecule has 0 atom stereocenters. The standard InChI is InChI=1S/C26H28N2O/c1-19-10-13-22(14-11-19)26-27-23-8-4-5-9-24(23)28(26)16-6-7-17-29-25-15-12-20(2)18-21(25)3/h4-5,8-15,18H,6-7,16-17H2,1-3H3. The molecule has 0 aliphatic heterocycles. The number of rotatable bonds is 7. The molecule has 0 saturated carbocycles. The van der Waals surface area contributed by atoms with Gasteiger partial charge in [-0.2, -0.15) is 0 Å². The van der Waals surface area contributed by atoms with E-state index in [1.165, 1.54) is 27.8 Å². The van der Waals surface area contributed by atoms with E-state index in [9.17, 15) is 0 Å². The highest BCUT2D eigenvalue weighted by molar-refractivity contribution is 5.80. The smallest absolute Gasteiger partial charge is 0.141 e. The lowest BCUT2D eigenvalue weighted by atomic mass is 10.1. The first-order valence-electron chi connectivity index (χ1n) is 10.3. The lowest BCUT2D eigenvalue weighted by Gasteiger charge is -2.12. The number of aryl methyl sites for hydroxylation is 4. The van der Waals surface area contributed by atoms with Gasteiger partial charge in [-0.25, -0.2) is 4.98 Å². The third-order valence-electron chi connectivity index (χ3n) is 5.33. The van der Waals surface area contributed by atoms with Gasteiger partial charge in [0.25, 0.3) is 0 Å². The summed E-state index contributed by atoms with van der Waals surface area (Å²) in [5, 5.41) is 0. The minimum Gasteiger partial charge on any atom is -0.493 e. The second-order valence-corrected chi connectivity index (χ2v) is 7.77. The van der Waals surface area contributed by atoms with E-state index in [4.69, 9.17) is 9.72 Å². The van der Waals surface area contributed by atoms with Crippen molar-refractivity contribution in [2.45, 2.75) is 40.2 Å². The van der Waals surface area contributed by atoms with Crippen molar-refractivity contribution >= 4 is 11.0 Å². The summed E-state index contributed by atoms with van der Waals surface area (Å²) in [4.78, 5) is 4.91. The van der Waals surface area contributed by atoms with E-state index in [0.717, 1.165) is 43.1 Å². The van der Waals surface area contributed by atoms with Crippen LogP contribution in [-0.4, -0.2) is 16.2 Å². The maximum absolute atomic E-state index is 6.00.